The molecule has 2 N–H and O–H groups in total. The van der Waals surface area contributed by atoms with Crippen LogP contribution in [0.5, 0.6) is 0 Å². The summed E-state index contributed by atoms with van der Waals surface area (Å²) >= 11 is 4.68. The van der Waals surface area contributed by atoms with Gasteiger partial charge >= 0.3 is 0 Å². The molecule has 0 saturated heterocycles. The van der Waals surface area contributed by atoms with Gasteiger partial charge in [0.2, 0.25) is 0 Å². The number of rotatable bonds is 4. The fraction of sp³-hybridized carbons (Fsp3) is 0.750. The van der Waals surface area contributed by atoms with Crippen molar-refractivity contribution in [2.75, 3.05) is 11.4 Å². The van der Waals surface area contributed by atoms with Crippen LogP contribution >= 0.6 is 12.6 Å². The lowest BCUT2D eigenvalue weighted by molar-refractivity contribution is 0.622. The van der Waals surface area contributed by atoms with Gasteiger partial charge in [-0.05, 0) is 19.3 Å². The first kappa shape index (κ1) is 15.7. The van der Waals surface area contributed by atoms with E-state index in [2.05, 4.69) is 48.6 Å². The van der Waals surface area contributed by atoms with Crippen LogP contribution in [-0.4, -0.2) is 33.9 Å². The van der Waals surface area contributed by atoms with E-state index in [9.17, 15) is 0 Å². The second kappa shape index (κ2) is 6.52. The Morgan fingerprint density at radius 3 is 2.73 bits per heavy atom. The predicted molar refractivity (Wildman–Crippen MR) is 95.0 cm³/mol. The summed E-state index contributed by atoms with van der Waals surface area (Å²) in [5, 5.41) is 3.62. The van der Waals surface area contributed by atoms with Crippen LogP contribution in [0.1, 0.15) is 70.3 Å². The first-order valence-electron chi connectivity index (χ1n) is 8.49. The number of thiol groups is 1. The Morgan fingerprint density at radius 1 is 1.36 bits per heavy atom. The topological polar surface area (TPSA) is 56.3 Å². The number of nitrogens with zero attached hydrogens (tertiary/aromatic N) is 3. The number of nitrogens with one attached hydrogen (secondary N) is 2. The van der Waals surface area contributed by atoms with Crippen LogP contribution in [0.3, 0.4) is 0 Å². The largest absolute Gasteiger partial charge is 0.366 e. The number of amidine groups is 1. The minimum Gasteiger partial charge on any atom is -0.366 e. The monoisotopic (exact) mass is 321 g/mol. The van der Waals surface area contributed by atoms with Crippen LogP contribution in [0.15, 0.2) is 4.99 Å². The molecule has 1 aromatic heterocycles. The highest BCUT2D eigenvalue weighted by Crippen LogP contribution is 2.30. The molecule has 1 aromatic rings. The molecule has 0 spiro atoms. The van der Waals surface area contributed by atoms with Gasteiger partial charge in [-0.15, -0.1) is 12.6 Å². The zero-order chi connectivity index (χ0) is 15.7. The zero-order valence-electron chi connectivity index (χ0n) is 13.8. The molecule has 1 aliphatic heterocycles. The number of hydrogen-bond acceptors (Lipinski definition) is 5. The Hall–Kier alpha value is -1.17. The summed E-state index contributed by atoms with van der Waals surface area (Å²) in [6, 6.07) is 0.538. The molecule has 1 fully saturated rings. The molecular formula is C16H27N5S. The second-order valence-electron chi connectivity index (χ2n) is 6.62. The number of fused-ring (bicyclic) bond motifs is 1. The van der Waals surface area contributed by atoms with Crippen LogP contribution in [0.25, 0.3) is 0 Å². The number of aromatic amines is 1. The molecule has 1 unspecified atom stereocenters. The van der Waals surface area contributed by atoms with Crippen molar-refractivity contribution >= 4 is 24.3 Å². The maximum atomic E-state index is 4.83. The van der Waals surface area contributed by atoms with Gasteiger partial charge in [0.1, 0.15) is 11.5 Å². The predicted octanol–water partition coefficient (Wildman–Crippen LogP) is 3.26. The number of aromatic nitrogens is 2. The third-order valence-electron chi connectivity index (χ3n) is 4.44. The summed E-state index contributed by atoms with van der Waals surface area (Å²) < 4.78 is 0. The summed E-state index contributed by atoms with van der Waals surface area (Å²) in [7, 11) is 0. The molecule has 6 heteroatoms. The van der Waals surface area contributed by atoms with E-state index in [0.717, 1.165) is 36.1 Å². The highest BCUT2D eigenvalue weighted by Gasteiger charge is 2.31. The van der Waals surface area contributed by atoms with Crippen molar-refractivity contribution < 1.29 is 0 Å². The average molecular weight is 321 g/mol. The number of hydrogen-bond donors (Lipinski definition) is 3. The molecule has 0 aromatic carbocycles. The molecule has 0 amide bonds. The summed E-state index contributed by atoms with van der Waals surface area (Å²) in [5.74, 6) is 3.34. The molecule has 2 heterocycles. The smallest absolute Gasteiger partial charge is 0.169 e. The highest BCUT2D eigenvalue weighted by molar-refractivity contribution is 7.81. The second-order valence-corrected chi connectivity index (χ2v) is 7.08. The van der Waals surface area contributed by atoms with E-state index in [-0.39, 0.29) is 5.50 Å². The van der Waals surface area contributed by atoms with E-state index in [1.54, 1.807) is 0 Å². The molecule has 1 atom stereocenters. The Bertz CT molecular complexity index is 545. The fourth-order valence-corrected chi connectivity index (χ4v) is 3.56. The minimum atomic E-state index is -0.153. The number of aliphatic imine (C=N–C) groups is 1. The van der Waals surface area contributed by atoms with Gasteiger partial charge in [0.25, 0.3) is 0 Å². The summed E-state index contributed by atoms with van der Waals surface area (Å²) in [6.45, 7) is 7.41. The lowest BCUT2D eigenvalue weighted by atomic mass is 10.2. The van der Waals surface area contributed by atoms with Crippen molar-refractivity contribution in [3.63, 3.8) is 0 Å². The fourth-order valence-electron chi connectivity index (χ4n) is 3.22. The highest BCUT2D eigenvalue weighted by atomic mass is 32.1. The first-order chi connectivity index (χ1) is 10.6. The van der Waals surface area contributed by atoms with Crippen molar-refractivity contribution in [1.82, 2.24) is 15.3 Å². The molecule has 122 valence electrons. The SMILES string of the molecule is CCCN1c2nc(C(C)C)[nH]c2C(NC2CCCC2)=NC1S. The summed E-state index contributed by atoms with van der Waals surface area (Å²) in [5.41, 5.74) is 0.883. The molecule has 3 rings (SSSR count). The van der Waals surface area contributed by atoms with E-state index in [4.69, 9.17) is 9.98 Å². The van der Waals surface area contributed by atoms with Gasteiger partial charge in [-0.1, -0.05) is 33.6 Å². The number of anilines is 1. The van der Waals surface area contributed by atoms with Gasteiger partial charge in [0.05, 0.1) is 0 Å². The number of H-pyrrole nitrogens is 1. The van der Waals surface area contributed by atoms with Crippen molar-refractivity contribution in [3.8, 4) is 0 Å². The van der Waals surface area contributed by atoms with Crippen LogP contribution in [-0.2, 0) is 0 Å². The maximum Gasteiger partial charge on any atom is 0.169 e. The van der Waals surface area contributed by atoms with Gasteiger partial charge < -0.3 is 15.2 Å². The van der Waals surface area contributed by atoms with Crippen molar-refractivity contribution in [1.29, 1.82) is 0 Å². The average Bonchev–Trinajstić information content (AvgIpc) is 3.12. The zero-order valence-corrected chi connectivity index (χ0v) is 14.7. The van der Waals surface area contributed by atoms with Crippen LogP contribution in [0, 0.1) is 0 Å². The van der Waals surface area contributed by atoms with E-state index in [1.807, 2.05) is 0 Å². The molecular weight excluding hydrogens is 294 g/mol. The van der Waals surface area contributed by atoms with E-state index in [0.29, 0.717) is 12.0 Å². The minimum absolute atomic E-state index is 0.153. The molecule has 1 saturated carbocycles. The lowest BCUT2D eigenvalue weighted by Crippen LogP contribution is -2.42. The molecule has 2 aliphatic rings. The van der Waals surface area contributed by atoms with E-state index >= 15 is 0 Å². The molecule has 0 radical (unpaired) electrons. The lowest BCUT2D eigenvalue weighted by Gasteiger charge is -2.31. The molecule has 0 bridgehead atoms. The quantitative estimate of drug-likeness (QED) is 0.746. The van der Waals surface area contributed by atoms with Crippen LogP contribution < -0.4 is 10.2 Å². The normalized spacial score (nSPS) is 22.1. The number of imidazole rings is 1. The molecule has 1 aliphatic carbocycles. The Labute approximate surface area is 138 Å². The van der Waals surface area contributed by atoms with E-state index < -0.39 is 0 Å². The van der Waals surface area contributed by atoms with Gasteiger partial charge in [-0.2, -0.15) is 0 Å². The maximum absolute atomic E-state index is 4.83. The Morgan fingerprint density at radius 2 is 2.09 bits per heavy atom. The van der Waals surface area contributed by atoms with Gasteiger partial charge in [-0.25, -0.2) is 9.98 Å². The third-order valence-corrected chi connectivity index (χ3v) is 4.84. The molecule has 5 nitrogen and oxygen atoms in total. The van der Waals surface area contributed by atoms with Crippen LogP contribution in [0.4, 0.5) is 5.82 Å². The van der Waals surface area contributed by atoms with E-state index in [1.165, 1.54) is 25.7 Å². The Kier molecular flexibility index (Phi) is 4.66. The van der Waals surface area contributed by atoms with Gasteiger partial charge in [-0.3, -0.25) is 0 Å². The molecule has 22 heavy (non-hydrogen) atoms. The summed E-state index contributed by atoms with van der Waals surface area (Å²) in [4.78, 5) is 15.3. The van der Waals surface area contributed by atoms with Gasteiger partial charge in [0.15, 0.2) is 17.2 Å². The van der Waals surface area contributed by atoms with Gasteiger partial charge in [0, 0.05) is 18.5 Å². The van der Waals surface area contributed by atoms with Crippen molar-refractivity contribution in [2.24, 2.45) is 4.99 Å². The Balaban J connectivity index is 1.92. The van der Waals surface area contributed by atoms with Crippen molar-refractivity contribution in [2.45, 2.75) is 70.3 Å². The third kappa shape index (κ3) is 2.98. The standard InChI is InChI=1S/C16H27N5S/c1-4-9-21-15-12(18-13(19-15)10(2)3)14(20-16(21)22)17-11-7-5-6-8-11/h10-11,16,22H,4-9H2,1-3H3,(H,17,20)(H,18,19). The summed E-state index contributed by atoms with van der Waals surface area (Å²) in [6.07, 6.45) is 6.14. The van der Waals surface area contributed by atoms with Crippen molar-refractivity contribution in [3.05, 3.63) is 11.5 Å². The first-order valence-corrected chi connectivity index (χ1v) is 9.01. The van der Waals surface area contributed by atoms with Crippen LogP contribution in [0.2, 0.25) is 0 Å².